The van der Waals surface area contributed by atoms with Crippen molar-refractivity contribution in [2.45, 2.75) is 37.6 Å². The number of carboxylic acid groups (broad SMARTS) is 1. The molecule has 1 saturated heterocycles. The number of rotatable bonds is 10. The molecule has 0 aliphatic carbocycles. The van der Waals surface area contributed by atoms with Gasteiger partial charge in [0, 0.05) is 0 Å². The molecule has 2 aromatic carbocycles. The molecule has 1 fully saturated rings. The van der Waals surface area contributed by atoms with E-state index in [1.807, 2.05) is 54.6 Å². The fraction of sp³-hybridized carbons (Fsp3) is 0.409. The molecule has 0 unspecified atom stereocenters. The first-order valence-electron chi connectivity index (χ1n) is 9.37. The minimum atomic E-state index is -0.859. The van der Waals surface area contributed by atoms with Gasteiger partial charge in [0.15, 0.2) is 0 Å². The molecule has 0 bridgehead atoms. The zero-order chi connectivity index (χ0) is 19.8. The zero-order valence-corrected chi connectivity index (χ0v) is 16.0. The van der Waals surface area contributed by atoms with E-state index in [2.05, 4.69) is 0 Å². The van der Waals surface area contributed by atoms with Crippen molar-refractivity contribution in [2.24, 2.45) is 0 Å². The van der Waals surface area contributed by atoms with Crippen molar-refractivity contribution < 1.29 is 28.8 Å². The summed E-state index contributed by atoms with van der Waals surface area (Å²) in [5.74, 6) is 0.600. The maximum absolute atomic E-state index is 11.1. The van der Waals surface area contributed by atoms with Crippen LogP contribution in [0, 0.1) is 0 Å². The van der Waals surface area contributed by atoms with Gasteiger partial charge in [-0.25, -0.2) is 0 Å². The van der Waals surface area contributed by atoms with E-state index in [4.69, 9.17) is 24.1 Å². The molecule has 2 atom stereocenters. The van der Waals surface area contributed by atoms with Gasteiger partial charge >= 0.3 is 5.97 Å². The van der Waals surface area contributed by atoms with Crippen LogP contribution in [0.3, 0.4) is 0 Å². The predicted molar refractivity (Wildman–Crippen MR) is 104 cm³/mol. The molecule has 6 heteroatoms. The van der Waals surface area contributed by atoms with E-state index in [0.29, 0.717) is 38.4 Å². The Kier molecular flexibility index (Phi) is 6.90. The Balaban J connectivity index is 1.61. The lowest BCUT2D eigenvalue weighted by atomic mass is 10.0. The van der Waals surface area contributed by atoms with Crippen LogP contribution in [-0.2, 0) is 20.9 Å². The Morgan fingerprint density at radius 3 is 2.50 bits per heavy atom. The second kappa shape index (κ2) is 9.57. The number of hydrogen-bond donors (Lipinski definition) is 1. The molecule has 2 aromatic rings. The van der Waals surface area contributed by atoms with E-state index in [1.54, 1.807) is 7.11 Å². The largest absolute Gasteiger partial charge is 0.497 e. The monoisotopic (exact) mass is 386 g/mol. The van der Waals surface area contributed by atoms with Gasteiger partial charge in [-0.3, -0.25) is 4.79 Å². The molecular weight excluding hydrogens is 360 g/mol. The summed E-state index contributed by atoms with van der Waals surface area (Å²) in [7, 11) is 1.61. The Morgan fingerprint density at radius 2 is 1.82 bits per heavy atom. The molecule has 0 saturated carbocycles. The molecule has 1 heterocycles. The van der Waals surface area contributed by atoms with Gasteiger partial charge in [-0.2, -0.15) is 0 Å². The highest BCUT2D eigenvalue weighted by atomic mass is 16.6. The van der Waals surface area contributed by atoms with Gasteiger partial charge in [0.05, 0.1) is 32.8 Å². The smallest absolute Gasteiger partial charge is 0.305 e. The highest BCUT2D eigenvalue weighted by Crippen LogP contribution is 2.33. The number of benzene rings is 2. The molecule has 1 aliphatic rings. The predicted octanol–water partition coefficient (Wildman–Crippen LogP) is 3.68. The lowest BCUT2D eigenvalue weighted by Gasteiger charge is -2.29. The van der Waals surface area contributed by atoms with Crippen LogP contribution in [-0.4, -0.2) is 43.1 Å². The van der Waals surface area contributed by atoms with Crippen LogP contribution in [0.25, 0.3) is 0 Å². The van der Waals surface area contributed by atoms with Crippen LogP contribution in [0.4, 0.5) is 0 Å². The molecule has 1 N–H and O–H groups in total. The van der Waals surface area contributed by atoms with E-state index in [0.717, 1.165) is 11.3 Å². The van der Waals surface area contributed by atoms with Crippen molar-refractivity contribution in [1.29, 1.82) is 0 Å². The quantitative estimate of drug-likeness (QED) is 0.671. The first kappa shape index (κ1) is 20.2. The third-order valence-electron chi connectivity index (χ3n) is 4.78. The third kappa shape index (κ3) is 5.71. The van der Waals surface area contributed by atoms with Crippen molar-refractivity contribution in [1.82, 2.24) is 0 Å². The van der Waals surface area contributed by atoms with Crippen molar-refractivity contribution in [2.75, 3.05) is 20.3 Å². The Morgan fingerprint density at radius 1 is 1.11 bits per heavy atom. The molecule has 6 nitrogen and oxygen atoms in total. The first-order valence-corrected chi connectivity index (χ1v) is 9.37. The maximum atomic E-state index is 11.1. The van der Waals surface area contributed by atoms with Gasteiger partial charge in [0.1, 0.15) is 23.7 Å². The van der Waals surface area contributed by atoms with Crippen molar-refractivity contribution in [3.8, 4) is 11.5 Å². The summed E-state index contributed by atoms with van der Waals surface area (Å²) in [6.45, 7) is 1.11. The summed E-state index contributed by atoms with van der Waals surface area (Å²) < 4.78 is 23.1. The molecule has 3 rings (SSSR count). The van der Waals surface area contributed by atoms with Gasteiger partial charge in [0.25, 0.3) is 0 Å². The fourth-order valence-electron chi connectivity index (χ4n) is 3.30. The number of carboxylic acids is 1. The molecule has 0 radical (unpaired) electrons. The van der Waals surface area contributed by atoms with Crippen LogP contribution in [0.15, 0.2) is 54.6 Å². The highest BCUT2D eigenvalue weighted by Gasteiger charge is 2.42. The van der Waals surface area contributed by atoms with Gasteiger partial charge in [-0.15, -0.1) is 0 Å². The number of ether oxygens (including phenoxy) is 4. The standard InChI is InChI=1S/C22H26O6/c1-25-18-7-9-19(10-8-18)27-16-22(12-11-20(28-22)13-21(23)24)15-26-14-17-5-3-2-4-6-17/h2-10,20H,11-16H2,1H3,(H,23,24)/t20-,22+/m0/s1. The number of aliphatic carboxylic acids is 1. The van der Waals surface area contributed by atoms with Crippen molar-refractivity contribution in [3.63, 3.8) is 0 Å². The highest BCUT2D eigenvalue weighted by molar-refractivity contribution is 5.67. The summed E-state index contributed by atoms with van der Waals surface area (Å²) in [6.07, 6.45) is 1.03. The minimum Gasteiger partial charge on any atom is -0.497 e. The minimum absolute atomic E-state index is 0.0109. The average Bonchev–Trinajstić information content (AvgIpc) is 3.10. The Labute approximate surface area is 165 Å². The second-order valence-electron chi connectivity index (χ2n) is 7.00. The number of methoxy groups -OCH3 is 1. The van der Waals surface area contributed by atoms with Crippen molar-refractivity contribution in [3.05, 3.63) is 60.2 Å². The Hall–Kier alpha value is -2.57. The summed E-state index contributed by atoms with van der Waals surface area (Å²) >= 11 is 0. The SMILES string of the molecule is COc1ccc(OC[C@]2(COCc3ccccc3)CC[C@@H](CC(=O)O)O2)cc1. The van der Waals surface area contributed by atoms with Gasteiger partial charge in [-0.05, 0) is 42.7 Å². The lowest BCUT2D eigenvalue weighted by molar-refractivity contribution is -0.146. The molecule has 28 heavy (non-hydrogen) atoms. The van der Waals surface area contributed by atoms with E-state index < -0.39 is 11.6 Å². The molecule has 150 valence electrons. The fourth-order valence-corrected chi connectivity index (χ4v) is 3.30. The van der Waals surface area contributed by atoms with Crippen LogP contribution in [0.1, 0.15) is 24.8 Å². The van der Waals surface area contributed by atoms with Crippen LogP contribution < -0.4 is 9.47 Å². The second-order valence-corrected chi connectivity index (χ2v) is 7.00. The number of carbonyl (C=O) groups is 1. The first-order chi connectivity index (χ1) is 13.6. The van der Waals surface area contributed by atoms with Crippen LogP contribution >= 0.6 is 0 Å². The number of hydrogen-bond acceptors (Lipinski definition) is 5. The summed E-state index contributed by atoms with van der Waals surface area (Å²) in [6, 6.07) is 17.2. The summed E-state index contributed by atoms with van der Waals surface area (Å²) in [5.41, 5.74) is 0.420. The lowest BCUT2D eigenvalue weighted by Crippen LogP contribution is -2.41. The third-order valence-corrected chi connectivity index (χ3v) is 4.78. The van der Waals surface area contributed by atoms with E-state index in [1.165, 1.54) is 0 Å². The normalized spacial score (nSPS) is 21.4. The average molecular weight is 386 g/mol. The molecular formula is C22H26O6. The summed E-state index contributed by atoms with van der Waals surface area (Å²) in [4.78, 5) is 11.1. The van der Waals surface area contributed by atoms with E-state index in [-0.39, 0.29) is 12.5 Å². The van der Waals surface area contributed by atoms with Gasteiger partial charge < -0.3 is 24.1 Å². The molecule has 1 aliphatic heterocycles. The van der Waals surface area contributed by atoms with Crippen LogP contribution in [0.2, 0.25) is 0 Å². The van der Waals surface area contributed by atoms with E-state index in [9.17, 15) is 4.79 Å². The maximum Gasteiger partial charge on any atom is 0.305 e. The molecule has 0 spiro atoms. The van der Waals surface area contributed by atoms with E-state index >= 15 is 0 Å². The zero-order valence-electron chi connectivity index (χ0n) is 16.0. The molecule has 0 amide bonds. The van der Waals surface area contributed by atoms with Crippen molar-refractivity contribution >= 4 is 5.97 Å². The van der Waals surface area contributed by atoms with Gasteiger partial charge in [0.2, 0.25) is 0 Å². The molecule has 0 aromatic heterocycles. The van der Waals surface area contributed by atoms with Crippen LogP contribution in [0.5, 0.6) is 11.5 Å². The van der Waals surface area contributed by atoms with Gasteiger partial charge in [-0.1, -0.05) is 30.3 Å². The Bertz CT molecular complexity index is 745. The topological polar surface area (TPSA) is 74.2 Å². The summed E-state index contributed by atoms with van der Waals surface area (Å²) in [5, 5.41) is 9.07.